The zero-order valence-electron chi connectivity index (χ0n) is 5.56. The third kappa shape index (κ3) is 2.50. The largest absolute Gasteiger partial charge is 0.319 e. The molecule has 56 valence electrons. The van der Waals surface area contributed by atoms with Crippen molar-refractivity contribution in [1.29, 1.82) is 0 Å². The maximum absolute atomic E-state index is 12.1. The third-order valence-electron chi connectivity index (χ3n) is 1.67. The van der Waals surface area contributed by atoms with Gasteiger partial charge in [-0.15, -0.1) is 12.4 Å². The summed E-state index contributed by atoms with van der Waals surface area (Å²) in [5.74, 6) is 0.620. The molecule has 1 nitrogen and oxygen atoms in total. The molecule has 0 amide bonds. The summed E-state index contributed by atoms with van der Waals surface area (Å²) in [6.45, 7) is 0.987. The minimum atomic E-state index is -0.492. The SMILES string of the molecule is CNCC1CC(F)C1.Cl. The molecule has 1 aliphatic rings. The predicted octanol–water partition coefficient (Wildman–Crippen LogP) is 1.38. The molecular formula is C6H13ClFN. The molecule has 0 spiro atoms. The molecule has 1 aliphatic carbocycles. The van der Waals surface area contributed by atoms with Crippen LogP contribution in [0.4, 0.5) is 4.39 Å². The first kappa shape index (κ1) is 9.18. The summed E-state index contributed by atoms with van der Waals surface area (Å²) in [5, 5.41) is 3.02. The maximum atomic E-state index is 12.1. The summed E-state index contributed by atoms with van der Waals surface area (Å²) in [6.07, 6.45) is 1.06. The Bertz CT molecular complexity index is 70.7. The van der Waals surface area contributed by atoms with E-state index < -0.39 is 6.17 Å². The van der Waals surface area contributed by atoms with Crippen LogP contribution in [0, 0.1) is 5.92 Å². The van der Waals surface area contributed by atoms with Gasteiger partial charge in [0.2, 0.25) is 0 Å². The van der Waals surface area contributed by atoms with Gasteiger partial charge in [0.25, 0.3) is 0 Å². The lowest BCUT2D eigenvalue weighted by Crippen LogP contribution is -2.32. The summed E-state index contributed by atoms with van der Waals surface area (Å²) < 4.78 is 12.1. The summed E-state index contributed by atoms with van der Waals surface area (Å²) in [5.41, 5.74) is 0. The Morgan fingerprint density at radius 1 is 1.56 bits per heavy atom. The van der Waals surface area contributed by atoms with Crippen LogP contribution in [-0.2, 0) is 0 Å². The predicted molar refractivity (Wildman–Crippen MR) is 38.8 cm³/mol. The number of nitrogens with one attached hydrogen (secondary N) is 1. The van der Waals surface area contributed by atoms with Crippen LogP contribution in [0.15, 0.2) is 0 Å². The zero-order valence-corrected chi connectivity index (χ0v) is 6.38. The molecule has 0 unspecified atom stereocenters. The zero-order chi connectivity index (χ0) is 5.98. The fourth-order valence-electron chi connectivity index (χ4n) is 1.11. The van der Waals surface area contributed by atoms with Gasteiger partial charge in [0.05, 0.1) is 0 Å². The number of halogens is 2. The Kier molecular flexibility index (Phi) is 4.15. The van der Waals surface area contributed by atoms with Crippen molar-refractivity contribution >= 4 is 12.4 Å². The topological polar surface area (TPSA) is 12.0 Å². The Balaban J connectivity index is 0.000000640. The van der Waals surface area contributed by atoms with Crippen LogP contribution in [0.2, 0.25) is 0 Å². The van der Waals surface area contributed by atoms with Gasteiger partial charge in [-0.2, -0.15) is 0 Å². The van der Waals surface area contributed by atoms with E-state index >= 15 is 0 Å². The molecule has 1 fully saturated rings. The number of alkyl halides is 1. The van der Waals surface area contributed by atoms with Gasteiger partial charge in [0.15, 0.2) is 0 Å². The fourth-order valence-corrected chi connectivity index (χ4v) is 1.11. The molecule has 3 heteroatoms. The van der Waals surface area contributed by atoms with Crippen LogP contribution < -0.4 is 5.32 Å². The van der Waals surface area contributed by atoms with Crippen LogP contribution in [0.25, 0.3) is 0 Å². The Morgan fingerprint density at radius 2 is 2.11 bits per heavy atom. The summed E-state index contributed by atoms with van der Waals surface area (Å²) in [7, 11) is 1.91. The van der Waals surface area contributed by atoms with Gasteiger partial charge in [-0.1, -0.05) is 0 Å². The lowest BCUT2D eigenvalue weighted by atomic mass is 9.84. The normalized spacial score (nSPS) is 32.7. The molecule has 0 heterocycles. The molecule has 0 aromatic carbocycles. The highest BCUT2D eigenvalue weighted by atomic mass is 35.5. The second kappa shape index (κ2) is 4.07. The van der Waals surface area contributed by atoms with Gasteiger partial charge in [-0.25, -0.2) is 4.39 Å². The summed E-state index contributed by atoms with van der Waals surface area (Å²) >= 11 is 0. The molecule has 1 N–H and O–H groups in total. The quantitative estimate of drug-likeness (QED) is 0.632. The first-order valence-corrected chi connectivity index (χ1v) is 3.11. The minimum absolute atomic E-state index is 0. The Hall–Kier alpha value is 0.180. The van der Waals surface area contributed by atoms with E-state index in [4.69, 9.17) is 0 Å². The van der Waals surface area contributed by atoms with Crippen molar-refractivity contribution < 1.29 is 4.39 Å². The van der Waals surface area contributed by atoms with Gasteiger partial charge in [0, 0.05) is 0 Å². The van der Waals surface area contributed by atoms with E-state index in [0.717, 1.165) is 19.4 Å². The lowest BCUT2D eigenvalue weighted by molar-refractivity contribution is 0.131. The second-order valence-electron chi connectivity index (χ2n) is 2.49. The van der Waals surface area contributed by atoms with E-state index in [1.54, 1.807) is 0 Å². The van der Waals surface area contributed by atoms with E-state index in [0.29, 0.717) is 5.92 Å². The van der Waals surface area contributed by atoms with Crippen LogP contribution in [-0.4, -0.2) is 19.8 Å². The monoisotopic (exact) mass is 153 g/mol. The number of rotatable bonds is 2. The van der Waals surface area contributed by atoms with Crippen molar-refractivity contribution in [2.75, 3.05) is 13.6 Å². The van der Waals surface area contributed by atoms with Crippen molar-refractivity contribution in [3.63, 3.8) is 0 Å². The molecule has 0 aliphatic heterocycles. The van der Waals surface area contributed by atoms with Crippen LogP contribution >= 0.6 is 12.4 Å². The Labute approximate surface area is 61.4 Å². The van der Waals surface area contributed by atoms with E-state index in [2.05, 4.69) is 5.32 Å². The molecule has 1 saturated carbocycles. The summed E-state index contributed by atoms with van der Waals surface area (Å²) in [4.78, 5) is 0. The van der Waals surface area contributed by atoms with Gasteiger partial charge >= 0.3 is 0 Å². The van der Waals surface area contributed by atoms with Crippen molar-refractivity contribution in [2.45, 2.75) is 19.0 Å². The highest BCUT2D eigenvalue weighted by Gasteiger charge is 2.27. The fraction of sp³-hybridized carbons (Fsp3) is 1.00. The lowest BCUT2D eigenvalue weighted by Gasteiger charge is -2.28. The molecule has 0 bridgehead atoms. The van der Waals surface area contributed by atoms with Crippen molar-refractivity contribution in [3.8, 4) is 0 Å². The molecular weight excluding hydrogens is 141 g/mol. The van der Waals surface area contributed by atoms with Gasteiger partial charge in [0.1, 0.15) is 6.17 Å². The highest BCUT2D eigenvalue weighted by Crippen LogP contribution is 2.28. The maximum Gasteiger partial charge on any atom is 0.101 e. The van der Waals surface area contributed by atoms with Crippen molar-refractivity contribution in [2.24, 2.45) is 5.92 Å². The molecule has 0 radical (unpaired) electrons. The Morgan fingerprint density at radius 3 is 2.44 bits per heavy atom. The molecule has 0 aromatic rings. The average molecular weight is 154 g/mol. The first-order valence-electron chi connectivity index (χ1n) is 3.11. The van der Waals surface area contributed by atoms with E-state index in [1.807, 2.05) is 7.05 Å². The van der Waals surface area contributed by atoms with Gasteiger partial charge in [-0.05, 0) is 32.4 Å². The van der Waals surface area contributed by atoms with Gasteiger partial charge in [-0.3, -0.25) is 0 Å². The molecule has 1 rings (SSSR count). The molecule has 0 atom stereocenters. The van der Waals surface area contributed by atoms with E-state index in [1.165, 1.54) is 0 Å². The molecule has 0 saturated heterocycles. The van der Waals surface area contributed by atoms with Crippen molar-refractivity contribution in [1.82, 2.24) is 5.32 Å². The van der Waals surface area contributed by atoms with E-state index in [9.17, 15) is 4.39 Å². The van der Waals surface area contributed by atoms with E-state index in [-0.39, 0.29) is 12.4 Å². The standard InChI is InChI=1S/C6H12FN.ClH/c1-8-4-5-2-6(7)3-5;/h5-6,8H,2-4H2,1H3;1H. The van der Waals surface area contributed by atoms with Gasteiger partial charge < -0.3 is 5.32 Å². The molecule has 9 heavy (non-hydrogen) atoms. The van der Waals surface area contributed by atoms with Crippen LogP contribution in [0.1, 0.15) is 12.8 Å². The average Bonchev–Trinajstić information content (AvgIpc) is 1.64. The summed E-state index contributed by atoms with van der Waals surface area (Å²) in [6, 6.07) is 0. The van der Waals surface area contributed by atoms with Crippen molar-refractivity contribution in [3.05, 3.63) is 0 Å². The van der Waals surface area contributed by atoms with Crippen LogP contribution in [0.5, 0.6) is 0 Å². The van der Waals surface area contributed by atoms with Crippen LogP contribution in [0.3, 0.4) is 0 Å². The second-order valence-corrected chi connectivity index (χ2v) is 2.49. The minimum Gasteiger partial charge on any atom is -0.319 e. The number of hydrogen-bond donors (Lipinski definition) is 1. The molecule has 0 aromatic heterocycles. The first-order chi connectivity index (χ1) is 3.83. The third-order valence-corrected chi connectivity index (χ3v) is 1.67. The number of hydrogen-bond acceptors (Lipinski definition) is 1. The smallest absolute Gasteiger partial charge is 0.101 e. The highest BCUT2D eigenvalue weighted by molar-refractivity contribution is 5.85.